The van der Waals surface area contributed by atoms with Gasteiger partial charge in [-0.15, -0.1) is 0 Å². The summed E-state index contributed by atoms with van der Waals surface area (Å²) in [7, 11) is 3.43. The van der Waals surface area contributed by atoms with Crippen molar-refractivity contribution in [1.29, 1.82) is 0 Å². The summed E-state index contributed by atoms with van der Waals surface area (Å²) in [6, 6.07) is 4.35. The molecule has 1 unspecified atom stereocenters. The Morgan fingerprint density at radius 1 is 1.39 bits per heavy atom. The second-order valence-electron chi connectivity index (χ2n) is 4.56. The first kappa shape index (κ1) is 14.8. The van der Waals surface area contributed by atoms with Gasteiger partial charge in [-0.05, 0) is 45.6 Å². The normalized spacial score (nSPS) is 12.8. The fraction of sp³-hybridized carbons (Fsp3) is 0.462. The molecule has 1 aromatic carbocycles. The molecule has 18 heavy (non-hydrogen) atoms. The predicted octanol–water partition coefficient (Wildman–Crippen LogP) is 2.81. The lowest BCUT2D eigenvalue weighted by Gasteiger charge is -2.21. The first-order valence-electron chi connectivity index (χ1n) is 5.68. The SMILES string of the molecule is CC(C)Oc1ccc(C(C(=O)O)N(C)C)cc1Cl. The highest BCUT2D eigenvalue weighted by atomic mass is 35.5. The first-order chi connectivity index (χ1) is 8.32. The van der Waals surface area contributed by atoms with E-state index in [1.165, 1.54) is 0 Å². The van der Waals surface area contributed by atoms with E-state index in [0.29, 0.717) is 16.3 Å². The van der Waals surface area contributed by atoms with Crippen LogP contribution in [0, 0.1) is 0 Å². The van der Waals surface area contributed by atoms with Crippen molar-refractivity contribution >= 4 is 17.6 Å². The summed E-state index contributed by atoms with van der Waals surface area (Å²) in [5, 5.41) is 9.61. The van der Waals surface area contributed by atoms with Crippen molar-refractivity contribution in [1.82, 2.24) is 4.90 Å². The van der Waals surface area contributed by atoms with Gasteiger partial charge in [-0.2, -0.15) is 0 Å². The van der Waals surface area contributed by atoms with Gasteiger partial charge in [-0.25, -0.2) is 0 Å². The average molecular weight is 272 g/mol. The lowest BCUT2D eigenvalue weighted by atomic mass is 10.1. The number of carboxylic acid groups (broad SMARTS) is 1. The molecule has 0 bridgehead atoms. The third-order valence-corrected chi connectivity index (χ3v) is 2.68. The van der Waals surface area contributed by atoms with E-state index < -0.39 is 12.0 Å². The molecular formula is C13H18ClNO3. The minimum atomic E-state index is -0.909. The van der Waals surface area contributed by atoms with Gasteiger partial charge in [0.1, 0.15) is 11.8 Å². The Morgan fingerprint density at radius 3 is 2.39 bits per heavy atom. The van der Waals surface area contributed by atoms with Gasteiger partial charge >= 0.3 is 5.97 Å². The van der Waals surface area contributed by atoms with Crippen LogP contribution < -0.4 is 4.74 Å². The standard InChI is InChI=1S/C13H18ClNO3/c1-8(2)18-11-6-5-9(7-10(11)14)12(13(16)17)15(3)4/h5-8,12H,1-4H3,(H,16,17). The molecular weight excluding hydrogens is 254 g/mol. The van der Waals surface area contributed by atoms with E-state index in [1.807, 2.05) is 13.8 Å². The molecule has 4 nitrogen and oxygen atoms in total. The van der Waals surface area contributed by atoms with E-state index in [2.05, 4.69) is 0 Å². The number of ether oxygens (including phenoxy) is 1. The van der Waals surface area contributed by atoms with Crippen molar-refractivity contribution in [3.63, 3.8) is 0 Å². The Hall–Kier alpha value is -1.26. The van der Waals surface area contributed by atoms with Gasteiger partial charge in [0.25, 0.3) is 0 Å². The maximum absolute atomic E-state index is 11.2. The third kappa shape index (κ3) is 3.62. The molecule has 1 atom stereocenters. The van der Waals surface area contributed by atoms with Crippen LogP contribution in [0.15, 0.2) is 18.2 Å². The maximum Gasteiger partial charge on any atom is 0.325 e. The molecule has 0 aliphatic carbocycles. The van der Waals surface area contributed by atoms with Crippen molar-refractivity contribution < 1.29 is 14.6 Å². The van der Waals surface area contributed by atoms with Crippen LogP contribution in [0.2, 0.25) is 5.02 Å². The van der Waals surface area contributed by atoms with Gasteiger partial charge in [0.15, 0.2) is 0 Å². The lowest BCUT2D eigenvalue weighted by molar-refractivity contribution is -0.142. The van der Waals surface area contributed by atoms with Crippen molar-refractivity contribution in [2.24, 2.45) is 0 Å². The molecule has 0 saturated carbocycles. The predicted molar refractivity (Wildman–Crippen MR) is 71.3 cm³/mol. The zero-order chi connectivity index (χ0) is 13.9. The number of rotatable bonds is 5. The summed E-state index contributed by atoms with van der Waals surface area (Å²) in [6.45, 7) is 3.81. The average Bonchev–Trinajstić information content (AvgIpc) is 2.20. The highest BCUT2D eigenvalue weighted by Crippen LogP contribution is 2.30. The Kier molecular flexibility index (Phi) is 4.99. The van der Waals surface area contributed by atoms with Crippen LogP contribution in [-0.2, 0) is 4.79 Å². The number of halogens is 1. The van der Waals surface area contributed by atoms with Gasteiger partial charge in [0.05, 0.1) is 11.1 Å². The highest BCUT2D eigenvalue weighted by molar-refractivity contribution is 6.32. The molecule has 0 aromatic heterocycles. The number of likely N-dealkylation sites (N-methyl/N-ethyl adjacent to an activating group) is 1. The minimum Gasteiger partial charge on any atom is -0.489 e. The van der Waals surface area contributed by atoms with Crippen LogP contribution in [0.25, 0.3) is 0 Å². The Labute approximate surface area is 112 Å². The summed E-state index contributed by atoms with van der Waals surface area (Å²) < 4.78 is 5.51. The van der Waals surface area contributed by atoms with Crippen LogP contribution in [0.4, 0.5) is 0 Å². The molecule has 0 spiro atoms. The van der Waals surface area contributed by atoms with Crippen LogP contribution in [0.1, 0.15) is 25.5 Å². The fourth-order valence-electron chi connectivity index (χ4n) is 1.70. The van der Waals surface area contributed by atoms with Crippen LogP contribution in [0.5, 0.6) is 5.75 Å². The summed E-state index contributed by atoms with van der Waals surface area (Å²) in [6.07, 6.45) is 0.0254. The van der Waals surface area contributed by atoms with Crippen molar-refractivity contribution in [2.45, 2.75) is 26.0 Å². The summed E-state index contributed by atoms with van der Waals surface area (Å²) in [4.78, 5) is 12.8. The largest absolute Gasteiger partial charge is 0.489 e. The van der Waals surface area contributed by atoms with Gasteiger partial charge in [-0.1, -0.05) is 17.7 Å². The lowest BCUT2D eigenvalue weighted by Crippen LogP contribution is -2.27. The highest BCUT2D eigenvalue weighted by Gasteiger charge is 2.23. The van der Waals surface area contributed by atoms with E-state index >= 15 is 0 Å². The molecule has 1 N–H and O–H groups in total. The van der Waals surface area contributed by atoms with Gasteiger partial charge < -0.3 is 9.84 Å². The summed E-state index contributed by atoms with van der Waals surface area (Å²) >= 11 is 6.09. The number of carbonyl (C=O) groups is 1. The molecule has 0 saturated heterocycles. The quantitative estimate of drug-likeness (QED) is 0.895. The molecule has 1 aromatic rings. The van der Waals surface area contributed by atoms with E-state index in [9.17, 15) is 9.90 Å². The van der Waals surface area contributed by atoms with Gasteiger partial charge in [0.2, 0.25) is 0 Å². The van der Waals surface area contributed by atoms with Crippen LogP contribution in [-0.4, -0.2) is 36.2 Å². The minimum absolute atomic E-state index is 0.0254. The second kappa shape index (κ2) is 6.07. The van der Waals surface area contributed by atoms with Crippen molar-refractivity contribution in [2.75, 3.05) is 14.1 Å². The van der Waals surface area contributed by atoms with Crippen LogP contribution in [0.3, 0.4) is 0 Å². The maximum atomic E-state index is 11.2. The van der Waals surface area contributed by atoms with Crippen LogP contribution >= 0.6 is 11.6 Å². The smallest absolute Gasteiger partial charge is 0.325 e. The monoisotopic (exact) mass is 271 g/mol. The topological polar surface area (TPSA) is 49.8 Å². The first-order valence-corrected chi connectivity index (χ1v) is 6.06. The Morgan fingerprint density at radius 2 is 2.00 bits per heavy atom. The van der Waals surface area contributed by atoms with E-state index in [4.69, 9.17) is 16.3 Å². The molecule has 0 fully saturated rings. The second-order valence-corrected chi connectivity index (χ2v) is 4.97. The third-order valence-electron chi connectivity index (χ3n) is 2.38. The molecule has 0 heterocycles. The number of benzene rings is 1. The number of hydrogen-bond donors (Lipinski definition) is 1. The van der Waals surface area contributed by atoms with Crippen molar-refractivity contribution in [3.8, 4) is 5.75 Å². The van der Waals surface area contributed by atoms with Gasteiger partial charge in [0, 0.05) is 0 Å². The Bertz CT molecular complexity index is 432. The summed E-state index contributed by atoms with van der Waals surface area (Å²) in [5.74, 6) is -0.341. The molecule has 100 valence electrons. The molecule has 5 heteroatoms. The zero-order valence-corrected chi connectivity index (χ0v) is 11.7. The van der Waals surface area contributed by atoms with E-state index in [1.54, 1.807) is 37.2 Å². The molecule has 0 aliphatic rings. The molecule has 0 amide bonds. The molecule has 1 rings (SSSR count). The number of aliphatic carboxylic acids is 1. The van der Waals surface area contributed by atoms with E-state index in [-0.39, 0.29) is 6.10 Å². The molecule has 0 aliphatic heterocycles. The summed E-state index contributed by atoms with van der Waals surface area (Å²) in [5.41, 5.74) is 0.633. The Balaban J connectivity index is 3.05. The van der Waals surface area contributed by atoms with E-state index in [0.717, 1.165) is 0 Å². The number of hydrogen-bond acceptors (Lipinski definition) is 3. The zero-order valence-electron chi connectivity index (χ0n) is 11.0. The van der Waals surface area contributed by atoms with Gasteiger partial charge in [-0.3, -0.25) is 9.69 Å². The van der Waals surface area contributed by atoms with Crippen molar-refractivity contribution in [3.05, 3.63) is 28.8 Å². The number of nitrogens with zero attached hydrogens (tertiary/aromatic N) is 1. The molecule has 0 radical (unpaired) electrons. The fourth-order valence-corrected chi connectivity index (χ4v) is 1.93. The number of carboxylic acids is 1.